The molecule has 0 radical (unpaired) electrons. The van der Waals surface area contributed by atoms with Crippen molar-refractivity contribution in [2.24, 2.45) is 11.8 Å². The zero-order valence-electron chi connectivity index (χ0n) is 17.8. The summed E-state index contributed by atoms with van der Waals surface area (Å²) in [5.41, 5.74) is 0.888. The van der Waals surface area contributed by atoms with Crippen molar-refractivity contribution >= 4 is 11.9 Å². The van der Waals surface area contributed by atoms with Crippen molar-refractivity contribution in [3.63, 3.8) is 0 Å². The lowest BCUT2D eigenvalue weighted by atomic mass is 9.98. The van der Waals surface area contributed by atoms with Gasteiger partial charge in [-0.3, -0.25) is 0 Å². The lowest BCUT2D eigenvalue weighted by Gasteiger charge is -2.20. The first-order valence-electron chi connectivity index (χ1n) is 9.90. The van der Waals surface area contributed by atoms with Gasteiger partial charge < -0.3 is 9.84 Å². The highest BCUT2D eigenvalue weighted by Gasteiger charge is 2.16. The van der Waals surface area contributed by atoms with Crippen LogP contribution in [0.4, 0.5) is 0 Å². The highest BCUT2D eigenvalue weighted by atomic mass is 16.5. The number of ether oxygens (including phenoxy) is 1. The van der Waals surface area contributed by atoms with Crippen molar-refractivity contribution in [3.05, 3.63) is 24.3 Å². The molecule has 0 rings (SSSR count). The summed E-state index contributed by atoms with van der Waals surface area (Å²) >= 11 is 0. The maximum absolute atomic E-state index is 11.4. The Morgan fingerprint density at radius 3 is 1.88 bits per heavy atom. The minimum atomic E-state index is -0.862. The average molecular weight is 369 g/mol. The predicted octanol–water partition coefficient (Wildman–Crippen LogP) is 6.16. The summed E-state index contributed by atoms with van der Waals surface area (Å²) in [6, 6.07) is 0. The molecule has 3 atom stereocenters. The summed E-state index contributed by atoms with van der Waals surface area (Å²) in [6.45, 7) is 19.5. The molecule has 0 heterocycles. The number of hydrogen-bond donors (Lipinski definition) is 1. The summed E-state index contributed by atoms with van der Waals surface area (Å²) in [5.74, 6) is -0.0682. The lowest BCUT2D eigenvalue weighted by molar-refractivity contribution is -0.146. The molecule has 4 nitrogen and oxygen atoms in total. The van der Waals surface area contributed by atoms with Gasteiger partial charge in [0.05, 0.1) is 0 Å². The highest BCUT2D eigenvalue weighted by molar-refractivity contribution is 5.87. The molecule has 0 aliphatic rings. The smallest absolute Gasteiger partial charge is 0.333 e. The molecule has 4 heteroatoms. The largest absolute Gasteiger partial charge is 0.478 e. The predicted molar refractivity (Wildman–Crippen MR) is 109 cm³/mol. The van der Waals surface area contributed by atoms with Gasteiger partial charge in [-0.2, -0.15) is 0 Å². The molecule has 0 aromatic heterocycles. The summed E-state index contributed by atoms with van der Waals surface area (Å²) in [7, 11) is 0. The number of rotatable bonds is 12. The van der Waals surface area contributed by atoms with Gasteiger partial charge in [0, 0.05) is 11.1 Å². The molecule has 0 aliphatic carbocycles. The van der Waals surface area contributed by atoms with Gasteiger partial charge in [0.1, 0.15) is 6.10 Å². The van der Waals surface area contributed by atoms with Crippen LogP contribution in [-0.2, 0) is 14.3 Å². The Hall–Kier alpha value is -1.58. The molecule has 26 heavy (non-hydrogen) atoms. The number of aliphatic carboxylic acids is 1. The van der Waals surface area contributed by atoms with Gasteiger partial charge >= 0.3 is 11.9 Å². The van der Waals surface area contributed by atoms with Gasteiger partial charge in [-0.15, -0.1) is 0 Å². The molecule has 0 fully saturated rings. The first kappa shape index (κ1) is 26.6. The van der Waals surface area contributed by atoms with E-state index >= 15 is 0 Å². The van der Waals surface area contributed by atoms with E-state index in [1.54, 1.807) is 0 Å². The topological polar surface area (TPSA) is 63.6 Å². The summed E-state index contributed by atoms with van der Waals surface area (Å²) in [4.78, 5) is 21.7. The van der Waals surface area contributed by atoms with E-state index in [1.807, 2.05) is 13.8 Å². The molecule has 3 unspecified atom stereocenters. The summed E-state index contributed by atoms with van der Waals surface area (Å²) < 4.78 is 5.28. The van der Waals surface area contributed by atoms with Crippen molar-refractivity contribution in [3.8, 4) is 0 Å². The van der Waals surface area contributed by atoms with Gasteiger partial charge in [0.25, 0.3) is 0 Å². The van der Waals surface area contributed by atoms with Gasteiger partial charge in [0.2, 0.25) is 0 Å². The van der Waals surface area contributed by atoms with Crippen LogP contribution in [0.25, 0.3) is 0 Å². The Morgan fingerprint density at radius 1 is 0.923 bits per heavy atom. The van der Waals surface area contributed by atoms with Crippen LogP contribution >= 0.6 is 0 Å². The first-order valence-corrected chi connectivity index (χ1v) is 9.90. The monoisotopic (exact) mass is 368 g/mol. The molecular weight excluding hydrogens is 328 g/mol. The van der Waals surface area contributed by atoms with Crippen LogP contribution in [-0.4, -0.2) is 23.1 Å². The third kappa shape index (κ3) is 13.7. The Balaban J connectivity index is 0. The second-order valence-electron chi connectivity index (χ2n) is 7.17. The van der Waals surface area contributed by atoms with Crippen LogP contribution in [0.5, 0.6) is 0 Å². The molecule has 152 valence electrons. The van der Waals surface area contributed by atoms with Crippen molar-refractivity contribution in [1.82, 2.24) is 0 Å². The second-order valence-corrected chi connectivity index (χ2v) is 7.17. The third-order valence-corrected chi connectivity index (χ3v) is 4.58. The quantitative estimate of drug-likeness (QED) is 0.331. The molecule has 0 bridgehead atoms. The molecule has 0 saturated heterocycles. The molecule has 0 aliphatic heterocycles. The number of carbonyl (C=O) groups is 2. The lowest BCUT2D eigenvalue weighted by Crippen LogP contribution is -2.22. The highest BCUT2D eigenvalue weighted by Crippen LogP contribution is 2.16. The van der Waals surface area contributed by atoms with Crippen LogP contribution in [0.1, 0.15) is 86.5 Å². The van der Waals surface area contributed by atoms with E-state index < -0.39 is 5.97 Å². The molecule has 0 saturated carbocycles. The van der Waals surface area contributed by atoms with Crippen LogP contribution < -0.4 is 0 Å². The fraction of sp³-hybridized carbons (Fsp3) is 0.727. The van der Waals surface area contributed by atoms with Gasteiger partial charge in [-0.05, 0) is 44.4 Å². The zero-order valence-corrected chi connectivity index (χ0v) is 17.8. The standard InChI is InChI=1S/C12H22O2.C10H18O2/c1-6-8-10(4)11(5)14-12(13)9(3)7-2;1-4-5-8(2)6-7-9(3)10(11)12/h10-11H,3,6-8H2,1-2,4-5H3;8H,3-7H2,1-2H3,(H,11,12). The Morgan fingerprint density at radius 2 is 1.46 bits per heavy atom. The number of hydrogen-bond acceptors (Lipinski definition) is 3. The number of carboxylic acid groups (broad SMARTS) is 1. The Bertz CT molecular complexity index is 439. The second kappa shape index (κ2) is 15.7. The number of carbonyl (C=O) groups excluding carboxylic acids is 1. The van der Waals surface area contributed by atoms with E-state index in [2.05, 4.69) is 40.9 Å². The maximum atomic E-state index is 11.4. The van der Waals surface area contributed by atoms with Gasteiger partial charge in [-0.1, -0.05) is 67.0 Å². The van der Waals surface area contributed by atoms with Crippen molar-refractivity contribution in [2.75, 3.05) is 0 Å². The van der Waals surface area contributed by atoms with Crippen LogP contribution in [0.15, 0.2) is 24.3 Å². The first-order chi connectivity index (χ1) is 12.1. The van der Waals surface area contributed by atoms with Gasteiger partial charge in [-0.25, -0.2) is 9.59 Å². The Labute approximate surface area is 160 Å². The zero-order chi connectivity index (χ0) is 20.7. The minimum absolute atomic E-state index is 0.00856. The third-order valence-electron chi connectivity index (χ3n) is 4.58. The number of esters is 1. The van der Waals surface area contributed by atoms with Crippen LogP contribution in [0, 0.1) is 11.8 Å². The molecule has 0 aromatic rings. The molecular formula is C22H40O4. The number of carboxylic acids is 1. The molecule has 1 N–H and O–H groups in total. The maximum Gasteiger partial charge on any atom is 0.333 e. The fourth-order valence-electron chi connectivity index (χ4n) is 2.37. The van der Waals surface area contributed by atoms with E-state index in [0.717, 1.165) is 19.3 Å². The summed E-state index contributed by atoms with van der Waals surface area (Å²) in [6.07, 6.45) is 6.77. The van der Waals surface area contributed by atoms with E-state index in [-0.39, 0.29) is 12.1 Å². The van der Waals surface area contributed by atoms with Crippen LogP contribution in [0.2, 0.25) is 0 Å². The normalized spacial score (nSPS) is 13.6. The summed E-state index contributed by atoms with van der Waals surface area (Å²) in [5, 5.41) is 8.53. The molecule has 0 aromatic carbocycles. The van der Waals surface area contributed by atoms with E-state index in [1.165, 1.54) is 12.8 Å². The fourth-order valence-corrected chi connectivity index (χ4v) is 2.37. The Kier molecular flexibility index (Phi) is 16.0. The SMILES string of the molecule is C=C(CC)C(=O)OC(C)C(C)CCC.C=C(CCC(C)CCC)C(=O)O. The van der Waals surface area contributed by atoms with Crippen LogP contribution in [0.3, 0.4) is 0 Å². The van der Waals surface area contributed by atoms with Crippen molar-refractivity contribution in [2.45, 2.75) is 92.6 Å². The molecule has 0 amide bonds. The van der Waals surface area contributed by atoms with E-state index in [0.29, 0.717) is 35.8 Å². The van der Waals surface area contributed by atoms with Crippen molar-refractivity contribution in [1.29, 1.82) is 0 Å². The molecule has 0 spiro atoms. The average Bonchev–Trinajstić information content (AvgIpc) is 2.59. The minimum Gasteiger partial charge on any atom is -0.478 e. The van der Waals surface area contributed by atoms with E-state index in [4.69, 9.17) is 9.84 Å². The van der Waals surface area contributed by atoms with E-state index in [9.17, 15) is 9.59 Å². The van der Waals surface area contributed by atoms with Gasteiger partial charge in [0.15, 0.2) is 0 Å². The van der Waals surface area contributed by atoms with Crippen molar-refractivity contribution < 1.29 is 19.4 Å².